The summed E-state index contributed by atoms with van der Waals surface area (Å²) in [5, 5.41) is 8.02. The Morgan fingerprint density at radius 2 is 1.92 bits per heavy atom. The third-order valence-corrected chi connectivity index (χ3v) is 5.48. The molecule has 0 bridgehead atoms. The number of hydrogen-bond donors (Lipinski definition) is 1. The molecule has 25 heavy (non-hydrogen) atoms. The van der Waals surface area contributed by atoms with Crippen LogP contribution in [0.25, 0.3) is 11.4 Å². The topological polar surface area (TPSA) is 111 Å². The molecule has 0 saturated heterocycles. The van der Waals surface area contributed by atoms with Crippen LogP contribution in [0, 0.1) is 13.8 Å². The minimum absolute atomic E-state index is 0.0507. The molecule has 3 aromatic rings. The van der Waals surface area contributed by atoms with Gasteiger partial charge in [0.2, 0.25) is 21.7 Å². The van der Waals surface area contributed by atoms with Crippen LogP contribution in [-0.2, 0) is 16.4 Å². The number of hydrogen-bond acceptors (Lipinski definition) is 7. The summed E-state index contributed by atoms with van der Waals surface area (Å²) in [5.74, 6) is 0.898. The maximum Gasteiger partial charge on any atom is 0.245 e. The summed E-state index contributed by atoms with van der Waals surface area (Å²) in [5.41, 5.74) is 0.958. The summed E-state index contributed by atoms with van der Waals surface area (Å²) in [6.45, 7) is 3.21. The van der Waals surface area contributed by atoms with Crippen LogP contribution in [0.2, 0.25) is 5.02 Å². The van der Waals surface area contributed by atoms with E-state index in [-0.39, 0.29) is 23.6 Å². The molecule has 0 saturated carbocycles. The van der Waals surface area contributed by atoms with Crippen LogP contribution in [-0.4, -0.2) is 30.3 Å². The highest BCUT2D eigenvalue weighted by molar-refractivity contribution is 7.89. The smallest absolute Gasteiger partial charge is 0.245 e. The van der Waals surface area contributed by atoms with Gasteiger partial charge in [-0.15, -0.1) is 0 Å². The van der Waals surface area contributed by atoms with Crippen LogP contribution in [0.1, 0.15) is 17.3 Å². The van der Waals surface area contributed by atoms with Gasteiger partial charge in [-0.1, -0.05) is 34.0 Å². The molecule has 3 rings (SSSR count). The second-order valence-electron chi connectivity index (χ2n) is 5.29. The number of aryl methyl sites for hydroxylation is 2. The average Bonchev–Trinajstić information content (AvgIpc) is 3.15. The molecule has 2 heterocycles. The van der Waals surface area contributed by atoms with E-state index < -0.39 is 10.0 Å². The monoisotopic (exact) mass is 382 g/mol. The van der Waals surface area contributed by atoms with Crippen molar-refractivity contribution in [2.24, 2.45) is 0 Å². The predicted octanol–water partition coefficient (Wildman–Crippen LogP) is 2.52. The van der Waals surface area contributed by atoms with Crippen molar-refractivity contribution in [2.45, 2.75) is 25.2 Å². The van der Waals surface area contributed by atoms with Crippen LogP contribution in [0.3, 0.4) is 0 Å². The number of nitrogens with zero attached hydrogens (tertiary/aromatic N) is 3. The van der Waals surface area contributed by atoms with Gasteiger partial charge in [-0.2, -0.15) is 4.98 Å². The van der Waals surface area contributed by atoms with E-state index in [2.05, 4.69) is 20.0 Å². The second kappa shape index (κ2) is 6.95. The van der Waals surface area contributed by atoms with Gasteiger partial charge in [0, 0.05) is 18.5 Å². The molecule has 0 aliphatic carbocycles. The molecule has 10 heteroatoms. The Morgan fingerprint density at radius 3 is 2.60 bits per heavy atom. The van der Waals surface area contributed by atoms with Crippen molar-refractivity contribution in [1.82, 2.24) is 20.0 Å². The fourth-order valence-corrected chi connectivity index (χ4v) is 3.91. The van der Waals surface area contributed by atoms with E-state index in [4.69, 9.17) is 20.6 Å². The predicted molar refractivity (Wildman–Crippen MR) is 89.6 cm³/mol. The van der Waals surface area contributed by atoms with Crippen molar-refractivity contribution in [1.29, 1.82) is 0 Å². The Balaban J connectivity index is 1.66. The maximum absolute atomic E-state index is 12.3. The number of halogens is 1. The quantitative estimate of drug-likeness (QED) is 0.697. The van der Waals surface area contributed by atoms with Crippen molar-refractivity contribution < 1.29 is 17.5 Å². The van der Waals surface area contributed by atoms with Gasteiger partial charge in [-0.3, -0.25) is 0 Å². The molecule has 0 atom stereocenters. The molecular formula is C15H15ClN4O4S. The lowest BCUT2D eigenvalue weighted by molar-refractivity contribution is 0.379. The van der Waals surface area contributed by atoms with Gasteiger partial charge >= 0.3 is 0 Å². The first-order valence-electron chi connectivity index (χ1n) is 7.38. The fraction of sp³-hybridized carbons (Fsp3) is 0.267. The van der Waals surface area contributed by atoms with E-state index in [1.807, 2.05) is 6.07 Å². The molecule has 0 aliphatic heterocycles. The van der Waals surface area contributed by atoms with Gasteiger partial charge in [0.05, 0.1) is 5.02 Å². The van der Waals surface area contributed by atoms with Crippen molar-refractivity contribution in [3.63, 3.8) is 0 Å². The lowest BCUT2D eigenvalue weighted by Gasteiger charge is -2.04. The van der Waals surface area contributed by atoms with Crippen molar-refractivity contribution in [3.05, 3.63) is 46.6 Å². The highest BCUT2D eigenvalue weighted by Crippen LogP contribution is 2.25. The third-order valence-electron chi connectivity index (χ3n) is 3.45. The van der Waals surface area contributed by atoms with Gasteiger partial charge in [-0.05, 0) is 26.0 Å². The number of rotatable bonds is 6. The Morgan fingerprint density at radius 1 is 1.16 bits per heavy atom. The van der Waals surface area contributed by atoms with Gasteiger partial charge in [0.25, 0.3) is 0 Å². The normalized spacial score (nSPS) is 11.8. The maximum atomic E-state index is 12.3. The van der Waals surface area contributed by atoms with Crippen LogP contribution in [0.5, 0.6) is 0 Å². The zero-order valence-electron chi connectivity index (χ0n) is 13.5. The summed E-state index contributed by atoms with van der Waals surface area (Å²) in [4.78, 5) is 4.28. The van der Waals surface area contributed by atoms with Crippen molar-refractivity contribution >= 4 is 21.6 Å². The lowest BCUT2D eigenvalue weighted by Crippen LogP contribution is -2.26. The molecule has 132 valence electrons. The first-order valence-corrected chi connectivity index (χ1v) is 9.24. The van der Waals surface area contributed by atoms with E-state index in [0.717, 1.165) is 0 Å². The standard InChI is InChI=1S/C15H15ClN4O4S/c1-9-14(10(2)23-19-9)25(21,22)17-8-7-13-18-15(20-24-13)11-5-3-4-6-12(11)16/h3-6,17H,7-8H2,1-2H3. The molecule has 1 N–H and O–H groups in total. The van der Waals surface area contributed by atoms with Gasteiger partial charge in [0.1, 0.15) is 10.6 Å². The van der Waals surface area contributed by atoms with Crippen LogP contribution in [0.15, 0.2) is 38.2 Å². The van der Waals surface area contributed by atoms with E-state index >= 15 is 0 Å². The first kappa shape index (κ1) is 17.6. The number of nitrogens with one attached hydrogen (secondary N) is 1. The summed E-state index contributed by atoms with van der Waals surface area (Å²) in [6, 6.07) is 7.12. The molecule has 1 aromatic carbocycles. The molecular weight excluding hydrogens is 368 g/mol. The fourth-order valence-electron chi connectivity index (χ4n) is 2.33. The van der Waals surface area contributed by atoms with Gasteiger partial charge in [-0.25, -0.2) is 13.1 Å². The molecule has 2 aromatic heterocycles. The van der Waals surface area contributed by atoms with E-state index in [9.17, 15) is 8.42 Å². The zero-order chi connectivity index (χ0) is 18.0. The molecule has 0 aliphatic rings. The third kappa shape index (κ3) is 3.73. The summed E-state index contributed by atoms with van der Waals surface area (Å²) in [6.07, 6.45) is 0.236. The second-order valence-corrected chi connectivity index (χ2v) is 7.40. The lowest BCUT2D eigenvalue weighted by atomic mass is 10.2. The highest BCUT2D eigenvalue weighted by Gasteiger charge is 2.24. The van der Waals surface area contributed by atoms with E-state index in [0.29, 0.717) is 28.0 Å². The Hall–Kier alpha value is -2.23. The van der Waals surface area contributed by atoms with E-state index in [1.165, 1.54) is 0 Å². The molecule has 0 radical (unpaired) electrons. The van der Waals surface area contributed by atoms with Crippen LogP contribution < -0.4 is 4.72 Å². The van der Waals surface area contributed by atoms with Crippen LogP contribution in [0.4, 0.5) is 0 Å². The Labute approximate surface area is 149 Å². The molecule has 8 nitrogen and oxygen atoms in total. The molecule has 0 spiro atoms. The minimum Gasteiger partial charge on any atom is -0.360 e. The van der Waals surface area contributed by atoms with Gasteiger partial charge in [0.15, 0.2) is 5.76 Å². The van der Waals surface area contributed by atoms with Crippen molar-refractivity contribution in [3.8, 4) is 11.4 Å². The van der Waals surface area contributed by atoms with Crippen molar-refractivity contribution in [2.75, 3.05) is 6.54 Å². The zero-order valence-corrected chi connectivity index (χ0v) is 15.1. The summed E-state index contributed by atoms with van der Waals surface area (Å²) in [7, 11) is -3.72. The SMILES string of the molecule is Cc1noc(C)c1S(=O)(=O)NCCc1nc(-c2ccccc2Cl)no1. The largest absolute Gasteiger partial charge is 0.360 e. The molecule has 0 unspecified atom stereocenters. The number of sulfonamides is 1. The Bertz CT molecular complexity index is 977. The van der Waals surface area contributed by atoms with E-state index in [1.54, 1.807) is 32.0 Å². The number of aromatic nitrogens is 3. The summed E-state index contributed by atoms with van der Waals surface area (Å²) < 4.78 is 37.1. The first-order chi connectivity index (χ1) is 11.9. The summed E-state index contributed by atoms with van der Waals surface area (Å²) >= 11 is 6.09. The number of benzene rings is 1. The molecule has 0 amide bonds. The Kier molecular flexibility index (Phi) is 4.89. The van der Waals surface area contributed by atoms with Crippen LogP contribution >= 0.6 is 11.6 Å². The van der Waals surface area contributed by atoms with Gasteiger partial charge < -0.3 is 9.05 Å². The average molecular weight is 383 g/mol. The molecule has 0 fully saturated rings. The minimum atomic E-state index is -3.72. The highest BCUT2D eigenvalue weighted by atomic mass is 35.5.